The molecule has 0 spiro atoms. The van der Waals surface area contributed by atoms with Crippen LogP contribution in [0.1, 0.15) is 6.42 Å². The smallest absolute Gasteiger partial charge is 0.242 e. The van der Waals surface area contributed by atoms with Crippen molar-refractivity contribution in [1.29, 1.82) is 0 Å². The minimum absolute atomic E-state index is 0.0402. The van der Waals surface area contributed by atoms with Crippen molar-refractivity contribution in [2.24, 2.45) is 0 Å². The first-order chi connectivity index (χ1) is 8.37. The number of nitrogens with one attached hydrogen (secondary N) is 1. The highest BCUT2D eigenvalue weighted by atomic mass is 32.2. The second-order valence-electron chi connectivity index (χ2n) is 3.71. The third-order valence-electron chi connectivity index (χ3n) is 2.44. The van der Waals surface area contributed by atoms with Crippen molar-refractivity contribution in [3.05, 3.63) is 30.1 Å². The zero-order chi connectivity index (χ0) is 13.8. The number of halogens is 1. The second-order valence-corrected chi connectivity index (χ2v) is 5.75. The predicted octanol–water partition coefficient (Wildman–Crippen LogP) is 0.582. The van der Waals surface area contributed by atoms with Crippen LogP contribution in [-0.2, 0) is 14.8 Å². The number of hydrogen-bond donors (Lipinski definition) is 1. The van der Waals surface area contributed by atoms with Gasteiger partial charge in [-0.05, 0) is 18.2 Å². The summed E-state index contributed by atoms with van der Waals surface area (Å²) in [6.07, 6.45) is 0.0571. The van der Waals surface area contributed by atoms with Gasteiger partial charge in [-0.3, -0.25) is 4.79 Å². The third kappa shape index (κ3) is 3.51. The van der Waals surface area contributed by atoms with E-state index in [0.29, 0.717) is 0 Å². The number of amides is 1. The normalized spacial score (nSPS) is 11.6. The van der Waals surface area contributed by atoms with Gasteiger partial charge in [-0.15, -0.1) is 0 Å². The number of rotatable bonds is 5. The number of carbonyl (C=O) groups is 1. The molecule has 0 aromatic heterocycles. The number of sulfonamides is 1. The number of hydrogen-bond acceptors (Lipinski definition) is 3. The minimum Gasteiger partial charge on any atom is -0.359 e. The van der Waals surface area contributed by atoms with Crippen LogP contribution >= 0.6 is 0 Å². The van der Waals surface area contributed by atoms with Gasteiger partial charge < -0.3 is 5.32 Å². The summed E-state index contributed by atoms with van der Waals surface area (Å²) in [5.41, 5.74) is 0. The molecule has 0 aliphatic rings. The molecule has 18 heavy (non-hydrogen) atoms. The minimum atomic E-state index is -3.75. The van der Waals surface area contributed by atoms with Crippen LogP contribution in [0, 0.1) is 5.82 Å². The molecule has 0 atom stereocenters. The first-order valence-corrected chi connectivity index (χ1v) is 6.74. The summed E-state index contributed by atoms with van der Waals surface area (Å²) in [6, 6.07) is 4.76. The summed E-state index contributed by atoms with van der Waals surface area (Å²) < 4.78 is 38.0. The Labute approximate surface area is 106 Å². The van der Waals surface area contributed by atoms with Crippen LogP contribution in [0.2, 0.25) is 0 Å². The highest BCUT2D eigenvalue weighted by Crippen LogP contribution is 2.15. The van der Waals surface area contributed by atoms with Crippen LogP contribution in [0.25, 0.3) is 0 Å². The summed E-state index contributed by atoms with van der Waals surface area (Å²) in [5.74, 6) is -0.868. The Morgan fingerprint density at radius 1 is 1.44 bits per heavy atom. The molecule has 0 fully saturated rings. The first kappa shape index (κ1) is 14.6. The molecule has 0 bridgehead atoms. The van der Waals surface area contributed by atoms with Gasteiger partial charge in [-0.25, -0.2) is 17.1 Å². The fraction of sp³-hybridized carbons (Fsp3) is 0.364. The SMILES string of the molecule is CNC(=O)CCN(C)S(=O)(=O)c1cccc(F)c1. The van der Waals surface area contributed by atoms with Crippen molar-refractivity contribution < 1.29 is 17.6 Å². The molecule has 5 nitrogen and oxygen atoms in total. The zero-order valence-corrected chi connectivity index (χ0v) is 11.0. The number of benzene rings is 1. The third-order valence-corrected chi connectivity index (χ3v) is 4.29. The van der Waals surface area contributed by atoms with Crippen molar-refractivity contribution in [1.82, 2.24) is 9.62 Å². The lowest BCUT2D eigenvalue weighted by Crippen LogP contribution is -2.31. The standard InChI is InChI=1S/C11H15FN2O3S/c1-13-11(15)6-7-14(2)18(16,17)10-5-3-4-9(12)8-10/h3-5,8H,6-7H2,1-2H3,(H,13,15). The van der Waals surface area contributed by atoms with Gasteiger partial charge in [0, 0.05) is 27.1 Å². The summed E-state index contributed by atoms with van der Waals surface area (Å²) in [5, 5.41) is 2.40. The average molecular weight is 274 g/mol. The van der Waals surface area contributed by atoms with Crippen molar-refractivity contribution in [2.45, 2.75) is 11.3 Å². The fourth-order valence-corrected chi connectivity index (χ4v) is 2.52. The molecular weight excluding hydrogens is 259 g/mol. The molecule has 0 saturated carbocycles. The van der Waals surface area contributed by atoms with E-state index in [1.54, 1.807) is 0 Å². The van der Waals surface area contributed by atoms with Crippen molar-refractivity contribution in [3.8, 4) is 0 Å². The van der Waals surface area contributed by atoms with E-state index in [4.69, 9.17) is 0 Å². The summed E-state index contributed by atoms with van der Waals surface area (Å²) in [4.78, 5) is 10.9. The molecule has 0 aliphatic carbocycles. The van der Waals surface area contributed by atoms with Gasteiger partial charge in [0.25, 0.3) is 0 Å². The number of nitrogens with zero attached hydrogens (tertiary/aromatic N) is 1. The monoisotopic (exact) mass is 274 g/mol. The van der Waals surface area contributed by atoms with E-state index >= 15 is 0 Å². The number of carbonyl (C=O) groups excluding carboxylic acids is 1. The molecule has 7 heteroatoms. The molecule has 0 unspecified atom stereocenters. The molecule has 100 valence electrons. The van der Waals surface area contributed by atoms with Gasteiger partial charge in [0.15, 0.2) is 0 Å². The molecular formula is C11H15FN2O3S. The highest BCUT2D eigenvalue weighted by molar-refractivity contribution is 7.89. The van der Waals surface area contributed by atoms with Crippen LogP contribution in [0.3, 0.4) is 0 Å². The highest BCUT2D eigenvalue weighted by Gasteiger charge is 2.21. The van der Waals surface area contributed by atoms with E-state index in [2.05, 4.69) is 5.32 Å². The Balaban J connectivity index is 2.83. The van der Waals surface area contributed by atoms with Gasteiger partial charge in [0.1, 0.15) is 5.82 Å². The molecule has 1 aromatic carbocycles. The van der Waals surface area contributed by atoms with E-state index in [1.165, 1.54) is 32.3 Å². The molecule has 1 rings (SSSR count). The Morgan fingerprint density at radius 3 is 2.67 bits per heavy atom. The topological polar surface area (TPSA) is 66.5 Å². The van der Waals surface area contributed by atoms with Gasteiger partial charge in [-0.1, -0.05) is 6.07 Å². The summed E-state index contributed by atoms with van der Waals surface area (Å²) in [7, 11) is -0.926. The summed E-state index contributed by atoms with van der Waals surface area (Å²) >= 11 is 0. The first-order valence-electron chi connectivity index (χ1n) is 5.30. The maximum absolute atomic E-state index is 13.0. The van der Waals surface area contributed by atoms with E-state index in [0.717, 1.165) is 10.4 Å². The molecule has 1 N–H and O–H groups in total. The fourth-order valence-electron chi connectivity index (χ4n) is 1.31. The Hall–Kier alpha value is -1.47. The van der Waals surface area contributed by atoms with Crippen LogP contribution in [-0.4, -0.2) is 39.3 Å². The van der Waals surface area contributed by atoms with Gasteiger partial charge in [0.05, 0.1) is 4.90 Å². The lowest BCUT2D eigenvalue weighted by Gasteiger charge is -2.16. The van der Waals surface area contributed by atoms with Crippen molar-refractivity contribution in [2.75, 3.05) is 20.6 Å². The maximum atomic E-state index is 13.0. The van der Waals surface area contributed by atoms with Gasteiger partial charge in [-0.2, -0.15) is 0 Å². The summed E-state index contributed by atoms with van der Waals surface area (Å²) in [6.45, 7) is 0.0402. The molecule has 1 amide bonds. The zero-order valence-electron chi connectivity index (χ0n) is 10.2. The molecule has 0 saturated heterocycles. The molecule has 0 aliphatic heterocycles. The Kier molecular flexibility index (Phi) is 4.80. The van der Waals surface area contributed by atoms with Crippen LogP contribution < -0.4 is 5.32 Å². The Bertz CT molecular complexity index is 531. The predicted molar refractivity (Wildman–Crippen MR) is 64.9 cm³/mol. The van der Waals surface area contributed by atoms with E-state index < -0.39 is 15.8 Å². The van der Waals surface area contributed by atoms with Gasteiger partial charge >= 0.3 is 0 Å². The van der Waals surface area contributed by atoms with Crippen molar-refractivity contribution >= 4 is 15.9 Å². The van der Waals surface area contributed by atoms with Crippen LogP contribution in [0.15, 0.2) is 29.2 Å². The molecule has 0 radical (unpaired) electrons. The van der Waals surface area contributed by atoms with Gasteiger partial charge in [0.2, 0.25) is 15.9 Å². The quantitative estimate of drug-likeness (QED) is 0.854. The van der Waals surface area contributed by atoms with E-state index in [9.17, 15) is 17.6 Å². The molecule has 0 heterocycles. The second kappa shape index (κ2) is 5.92. The Morgan fingerprint density at radius 2 is 2.11 bits per heavy atom. The molecule has 1 aromatic rings. The largest absolute Gasteiger partial charge is 0.359 e. The lowest BCUT2D eigenvalue weighted by molar-refractivity contribution is -0.120. The lowest BCUT2D eigenvalue weighted by atomic mass is 10.4. The average Bonchev–Trinajstić information content (AvgIpc) is 2.35. The van der Waals surface area contributed by atoms with Crippen molar-refractivity contribution in [3.63, 3.8) is 0 Å². The van der Waals surface area contributed by atoms with Crippen LogP contribution in [0.5, 0.6) is 0 Å². The maximum Gasteiger partial charge on any atom is 0.242 e. The van der Waals surface area contributed by atoms with E-state index in [1.807, 2.05) is 0 Å². The van der Waals surface area contributed by atoms with E-state index in [-0.39, 0.29) is 23.8 Å². The van der Waals surface area contributed by atoms with Crippen LogP contribution in [0.4, 0.5) is 4.39 Å².